The molecule has 9 heteroatoms. The average Bonchev–Trinajstić information content (AvgIpc) is 3.44. The highest BCUT2D eigenvalue weighted by Gasteiger charge is 2.46. The highest BCUT2D eigenvalue weighted by molar-refractivity contribution is 9.10. The maximum atomic E-state index is 14.3. The smallest absolute Gasteiger partial charge is 0.257 e. The number of amides is 2. The molecule has 1 aliphatic rings. The van der Waals surface area contributed by atoms with E-state index in [4.69, 9.17) is 17.3 Å². The van der Waals surface area contributed by atoms with E-state index in [1.807, 2.05) is 117 Å². The van der Waals surface area contributed by atoms with Gasteiger partial charge in [-0.2, -0.15) is 5.10 Å². The van der Waals surface area contributed by atoms with Crippen molar-refractivity contribution in [1.82, 2.24) is 9.78 Å². The van der Waals surface area contributed by atoms with Crippen molar-refractivity contribution in [2.75, 3.05) is 15.1 Å². The zero-order valence-electron chi connectivity index (χ0n) is 25.0. The summed E-state index contributed by atoms with van der Waals surface area (Å²) in [5.74, 6) is -0.593. The van der Waals surface area contributed by atoms with Crippen molar-refractivity contribution in [1.29, 1.82) is 0 Å². The lowest BCUT2D eigenvalue weighted by Gasteiger charge is -2.31. The molecule has 1 atom stereocenters. The second-order valence-corrected chi connectivity index (χ2v) is 12.5. The van der Waals surface area contributed by atoms with E-state index in [9.17, 15) is 9.59 Å². The van der Waals surface area contributed by atoms with Gasteiger partial charge in [0.25, 0.3) is 5.91 Å². The van der Waals surface area contributed by atoms with E-state index >= 15 is 0 Å². The van der Waals surface area contributed by atoms with Crippen LogP contribution < -0.4 is 15.1 Å². The fraction of sp³-hybridized carbons (Fsp3) is 0.200. The van der Waals surface area contributed by atoms with Crippen LogP contribution in [0, 0.1) is 27.7 Å². The molecule has 0 radical (unpaired) electrons. The van der Waals surface area contributed by atoms with Gasteiger partial charge in [0, 0.05) is 15.5 Å². The molecule has 1 saturated heterocycles. The Labute approximate surface area is 270 Å². The molecule has 2 amide bonds. The van der Waals surface area contributed by atoms with E-state index in [2.05, 4.69) is 21.2 Å². The Morgan fingerprint density at radius 1 is 0.977 bits per heavy atom. The second kappa shape index (κ2) is 12.0. The monoisotopic (exact) mass is 665 g/mol. The van der Waals surface area contributed by atoms with Crippen LogP contribution in [0.2, 0.25) is 0 Å². The van der Waals surface area contributed by atoms with Crippen LogP contribution in [0.5, 0.6) is 0 Å². The number of nitrogens with one attached hydrogen (secondary N) is 1. The van der Waals surface area contributed by atoms with Crippen molar-refractivity contribution in [3.05, 3.63) is 117 Å². The van der Waals surface area contributed by atoms with Gasteiger partial charge in [-0.05, 0) is 86.3 Å². The van der Waals surface area contributed by atoms with Gasteiger partial charge in [0.2, 0.25) is 5.91 Å². The molecule has 1 N–H and O–H groups in total. The largest absolute Gasteiger partial charge is 0.332 e. The molecule has 2 heterocycles. The number of carbonyl (C=O) groups is 2. The van der Waals surface area contributed by atoms with Crippen molar-refractivity contribution in [3.63, 3.8) is 0 Å². The highest BCUT2D eigenvalue weighted by atomic mass is 79.9. The summed E-state index contributed by atoms with van der Waals surface area (Å²) in [6, 6.07) is 26.8. The fourth-order valence-electron chi connectivity index (χ4n) is 5.87. The minimum Gasteiger partial charge on any atom is -0.332 e. The molecule has 0 bridgehead atoms. The Morgan fingerprint density at radius 2 is 1.70 bits per heavy atom. The summed E-state index contributed by atoms with van der Waals surface area (Å²) in [6.07, 6.45) is -0.0204. The van der Waals surface area contributed by atoms with Gasteiger partial charge in [0.15, 0.2) is 5.11 Å². The molecule has 222 valence electrons. The van der Waals surface area contributed by atoms with Crippen LogP contribution in [-0.2, 0) is 16.1 Å². The predicted molar refractivity (Wildman–Crippen MR) is 184 cm³/mol. The topological polar surface area (TPSA) is 70.5 Å². The van der Waals surface area contributed by atoms with E-state index in [1.165, 1.54) is 4.90 Å². The zero-order valence-corrected chi connectivity index (χ0v) is 27.4. The average molecular weight is 667 g/mol. The van der Waals surface area contributed by atoms with Crippen LogP contribution in [0.3, 0.4) is 0 Å². The molecule has 1 aromatic heterocycles. The third-order valence-corrected chi connectivity index (χ3v) is 8.95. The first-order valence-corrected chi connectivity index (χ1v) is 15.6. The minimum atomic E-state index is -0.852. The number of halogens is 1. The molecule has 1 fully saturated rings. The Kier molecular flexibility index (Phi) is 8.09. The van der Waals surface area contributed by atoms with Crippen LogP contribution in [0.15, 0.2) is 89.4 Å². The second-order valence-electron chi connectivity index (χ2n) is 11.2. The normalized spacial score (nSPS) is 14.8. The summed E-state index contributed by atoms with van der Waals surface area (Å²) in [4.78, 5) is 31.2. The van der Waals surface area contributed by atoms with Crippen molar-refractivity contribution >= 4 is 72.9 Å². The number of rotatable bonds is 6. The van der Waals surface area contributed by atoms with Crippen molar-refractivity contribution in [3.8, 4) is 0 Å². The predicted octanol–water partition coefficient (Wildman–Crippen LogP) is 7.62. The van der Waals surface area contributed by atoms with E-state index < -0.39 is 6.04 Å². The molecule has 4 aromatic carbocycles. The Morgan fingerprint density at radius 3 is 2.48 bits per heavy atom. The number of aromatic nitrogens is 2. The molecule has 6 rings (SSSR count). The third-order valence-electron chi connectivity index (χ3n) is 8.13. The van der Waals surface area contributed by atoms with Gasteiger partial charge in [-0.3, -0.25) is 14.3 Å². The maximum absolute atomic E-state index is 14.3. The van der Waals surface area contributed by atoms with Gasteiger partial charge in [-0.15, -0.1) is 0 Å². The van der Waals surface area contributed by atoms with Gasteiger partial charge in [0.1, 0.15) is 6.04 Å². The molecule has 0 saturated carbocycles. The summed E-state index contributed by atoms with van der Waals surface area (Å²) < 4.78 is 2.93. The molecule has 0 aliphatic carbocycles. The lowest BCUT2D eigenvalue weighted by atomic mass is 10.1. The summed E-state index contributed by atoms with van der Waals surface area (Å²) in [6.45, 7) is 8.47. The van der Waals surface area contributed by atoms with Crippen LogP contribution >= 0.6 is 28.1 Å². The number of thiocarbonyl (C=S) groups is 1. The lowest BCUT2D eigenvalue weighted by Crippen LogP contribution is -2.48. The van der Waals surface area contributed by atoms with Gasteiger partial charge in [0.05, 0.1) is 35.7 Å². The molecule has 1 aliphatic heterocycles. The Hall–Kier alpha value is -4.34. The summed E-state index contributed by atoms with van der Waals surface area (Å²) in [5, 5.41) is 10.4. The van der Waals surface area contributed by atoms with Gasteiger partial charge in [-0.1, -0.05) is 76.6 Å². The van der Waals surface area contributed by atoms with Crippen LogP contribution in [-0.4, -0.2) is 32.7 Å². The molecule has 7 nitrogen and oxygen atoms in total. The number of anilines is 3. The first-order chi connectivity index (χ1) is 21.1. The van der Waals surface area contributed by atoms with Gasteiger partial charge in [-0.25, -0.2) is 4.90 Å². The number of carbonyl (C=O) groups excluding carboxylic acids is 2. The van der Waals surface area contributed by atoms with Crippen molar-refractivity contribution < 1.29 is 9.59 Å². The van der Waals surface area contributed by atoms with E-state index in [-0.39, 0.29) is 18.2 Å². The Balaban J connectivity index is 1.43. The molecular weight excluding hydrogens is 634 g/mol. The van der Waals surface area contributed by atoms with Crippen LogP contribution in [0.4, 0.5) is 17.1 Å². The van der Waals surface area contributed by atoms with Crippen molar-refractivity contribution in [2.45, 2.75) is 46.7 Å². The number of nitrogens with zero attached hydrogens (tertiary/aromatic N) is 4. The minimum absolute atomic E-state index is 0.0204. The first kappa shape index (κ1) is 29.7. The Bertz CT molecular complexity index is 1930. The zero-order chi connectivity index (χ0) is 31.1. The summed E-state index contributed by atoms with van der Waals surface area (Å²) >= 11 is 9.57. The fourth-order valence-corrected chi connectivity index (χ4v) is 6.46. The third kappa shape index (κ3) is 5.53. The van der Waals surface area contributed by atoms with Crippen molar-refractivity contribution in [2.24, 2.45) is 0 Å². The molecule has 44 heavy (non-hydrogen) atoms. The quantitative estimate of drug-likeness (QED) is 0.149. The highest BCUT2D eigenvalue weighted by Crippen LogP contribution is 2.36. The maximum Gasteiger partial charge on any atom is 0.257 e. The summed E-state index contributed by atoms with van der Waals surface area (Å²) in [5.41, 5.74) is 6.89. The van der Waals surface area contributed by atoms with Gasteiger partial charge < -0.3 is 10.2 Å². The van der Waals surface area contributed by atoms with E-state index in [0.717, 1.165) is 49.0 Å². The lowest BCUT2D eigenvalue weighted by molar-refractivity contribution is -0.121. The summed E-state index contributed by atoms with van der Waals surface area (Å²) in [7, 11) is 0. The number of aryl methyl sites for hydroxylation is 3. The molecule has 0 spiro atoms. The number of imide groups is 1. The SMILES string of the molecule is Cc1ccc(C)c(NC(=S)N(c2c(C)nn(Cc3ccc(Br)cc3)c2C)[C@H]2CC(=O)N(c3cccc4ccccc34)C2=O)c1. The number of hydrogen-bond acceptors (Lipinski definition) is 4. The van der Waals surface area contributed by atoms with Gasteiger partial charge >= 0.3 is 0 Å². The molecule has 0 unspecified atom stereocenters. The standard InChI is InChI=1S/C35H32BrN5O2S/c1-21-12-13-22(2)29(18-21)37-35(44)41(33-23(3)38-39(24(33)4)20-25-14-16-27(36)17-15-25)31-19-32(42)40(34(31)43)30-11-7-9-26-8-5-6-10-28(26)30/h5-18,31H,19-20H2,1-4H3,(H,37,44)/t31-/m0/s1. The molecular formula is C35H32BrN5O2S. The number of fused-ring (bicyclic) bond motifs is 1. The number of benzene rings is 4. The van der Waals surface area contributed by atoms with Crippen LogP contribution in [0.1, 0.15) is 34.5 Å². The number of hydrogen-bond donors (Lipinski definition) is 1. The van der Waals surface area contributed by atoms with Crippen LogP contribution in [0.25, 0.3) is 10.8 Å². The first-order valence-electron chi connectivity index (χ1n) is 14.4. The van der Waals surface area contributed by atoms with E-state index in [1.54, 1.807) is 4.90 Å². The van der Waals surface area contributed by atoms with E-state index in [0.29, 0.717) is 23.0 Å². The molecule has 5 aromatic rings.